The highest BCUT2D eigenvalue weighted by atomic mass is 16.4. The van der Waals surface area contributed by atoms with E-state index < -0.39 is 12.0 Å². The number of anilines is 3. The van der Waals surface area contributed by atoms with E-state index in [9.17, 15) is 9.90 Å². The molecule has 9 heteroatoms. The van der Waals surface area contributed by atoms with Gasteiger partial charge in [-0.05, 0) is 25.0 Å². The number of aromatic amines is 1. The Morgan fingerprint density at radius 1 is 1.41 bits per heavy atom. The molecule has 3 aromatic heterocycles. The first-order chi connectivity index (χ1) is 12.8. The van der Waals surface area contributed by atoms with Gasteiger partial charge in [-0.2, -0.15) is 10.1 Å². The average molecular weight is 369 g/mol. The van der Waals surface area contributed by atoms with Crippen molar-refractivity contribution in [3.8, 4) is 0 Å². The Labute approximate surface area is 156 Å². The fourth-order valence-corrected chi connectivity index (χ4v) is 3.29. The van der Waals surface area contributed by atoms with E-state index in [0.717, 1.165) is 17.6 Å². The summed E-state index contributed by atoms with van der Waals surface area (Å²) in [5.74, 6) is 0.801. The first kappa shape index (κ1) is 17.3. The predicted molar refractivity (Wildman–Crippen MR) is 102 cm³/mol. The van der Waals surface area contributed by atoms with Crippen LogP contribution in [0.3, 0.4) is 0 Å². The van der Waals surface area contributed by atoms with Gasteiger partial charge in [0.15, 0.2) is 11.6 Å². The number of carboxylic acids is 1. The number of aromatic nitrogens is 5. The number of nitrogens with zero attached hydrogens (tertiary/aromatic N) is 5. The summed E-state index contributed by atoms with van der Waals surface area (Å²) in [6.07, 6.45) is 3.23. The molecule has 4 heterocycles. The fraction of sp³-hybridized carbons (Fsp3) is 0.444. The molecule has 3 aromatic rings. The third kappa shape index (κ3) is 3.20. The minimum atomic E-state index is -0.847. The smallest absolute Gasteiger partial charge is 0.326 e. The molecule has 1 saturated heterocycles. The Hall–Kier alpha value is -3.10. The normalized spacial score (nSPS) is 17.6. The summed E-state index contributed by atoms with van der Waals surface area (Å²) < 4.78 is 1.71. The molecule has 1 unspecified atom stereocenters. The maximum atomic E-state index is 11.5. The van der Waals surface area contributed by atoms with Gasteiger partial charge < -0.3 is 15.3 Å². The second-order valence-corrected chi connectivity index (χ2v) is 7.83. The molecule has 0 saturated carbocycles. The first-order valence-electron chi connectivity index (χ1n) is 9.01. The first-order valence-corrected chi connectivity index (χ1v) is 9.01. The van der Waals surface area contributed by atoms with Crippen LogP contribution in [-0.2, 0) is 10.2 Å². The van der Waals surface area contributed by atoms with Crippen LogP contribution in [0.5, 0.6) is 0 Å². The number of carboxylic acid groups (broad SMARTS) is 1. The van der Waals surface area contributed by atoms with Crippen LogP contribution in [0.4, 0.5) is 17.6 Å². The third-order valence-electron chi connectivity index (χ3n) is 4.81. The maximum absolute atomic E-state index is 11.5. The van der Waals surface area contributed by atoms with E-state index in [0.29, 0.717) is 30.5 Å². The van der Waals surface area contributed by atoms with E-state index in [1.165, 1.54) is 0 Å². The Balaban J connectivity index is 1.71. The molecule has 142 valence electrons. The van der Waals surface area contributed by atoms with Crippen molar-refractivity contribution in [1.29, 1.82) is 0 Å². The average Bonchev–Trinajstić information content (AvgIpc) is 3.33. The number of nitrogens with one attached hydrogen (secondary N) is 2. The maximum Gasteiger partial charge on any atom is 0.326 e. The Morgan fingerprint density at radius 2 is 2.22 bits per heavy atom. The topological polar surface area (TPSA) is 111 Å². The van der Waals surface area contributed by atoms with Crippen molar-refractivity contribution in [2.45, 2.75) is 45.1 Å². The highest BCUT2D eigenvalue weighted by molar-refractivity contribution is 5.79. The molecular formula is C18H23N7O2. The Morgan fingerprint density at radius 3 is 2.93 bits per heavy atom. The molecular weight excluding hydrogens is 346 g/mol. The minimum absolute atomic E-state index is 0.0433. The van der Waals surface area contributed by atoms with Crippen LogP contribution in [0.15, 0.2) is 24.4 Å². The largest absolute Gasteiger partial charge is 0.480 e. The van der Waals surface area contributed by atoms with Gasteiger partial charge in [0.05, 0.1) is 0 Å². The zero-order valence-electron chi connectivity index (χ0n) is 15.6. The molecule has 0 amide bonds. The van der Waals surface area contributed by atoms with Gasteiger partial charge >= 0.3 is 5.97 Å². The van der Waals surface area contributed by atoms with Crippen LogP contribution >= 0.6 is 0 Å². The molecule has 9 nitrogen and oxygen atoms in total. The third-order valence-corrected chi connectivity index (χ3v) is 4.81. The molecule has 0 spiro atoms. The highest BCUT2D eigenvalue weighted by Gasteiger charge is 2.33. The second-order valence-electron chi connectivity index (χ2n) is 7.83. The monoisotopic (exact) mass is 369 g/mol. The van der Waals surface area contributed by atoms with E-state index >= 15 is 0 Å². The predicted octanol–water partition coefficient (Wildman–Crippen LogP) is 2.55. The van der Waals surface area contributed by atoms with Gasteiger partial charge in [0.25, 0.3) is 0 Å². The summed E-state index contributed by atoms with van der Waals surface area (Å²) in [7, 11) is 0. The van der Waals surface area contributed by atoms with Crippen LogP contribution in [0.2, 0.25) is 0 Å². The van der Waals surface area contributed by atoms with E-state index in [-0.39, 0.29) is 5.41 Å². The number of hydrogen-bond acceptors (Lipinski definition) is 6. The molecule has 0 radical (unpaired) electrons. The Bertz CT molecular complexity index is 985. The van der Waals surface area contributed by atoms with Crippen LogP contribution in [0.1, 0.15) is 39.3 Å². The summed E-state index contributed by atoms with van der Waals surface area (Å²) in [4.78, 5) is 17.9. The van der Waals surface area contributed by atoms with Gasteiger partial charge in [-0.3, -0.25) is 5.10 Å². The summed E-state index contributed by atoms with van der Waals surface area (Å²) in [6, 6.07) is 5.14. The van der Waals surface area contributed by atoms with E-state index in [4.69, 9.17) is 0 Å². The molecule has 0 aromatic carbocycles. The molecule has 1 aliphatic heterocycles. The summed E-state index contributed by atoms with van der Waals surface area (Å²) in [6.45, 7) is 6.95. The molecule has 0 aliphatic carbocycles. The van der Waals surface area contributed by atoms with E-state index in [1.807, 2.05) is 24.4 Å². The lowest BCUT2D eigenvalue weighted by molar-refractivity contribution is -0.138. The van der Waals surface area contributed by atoms with E-state index in [2.05, 4.69) is 46.4 Å². The fourth-order valence-electron chi connectivity index (χ4n) is 3.29. The highest BCUT2D eigenvalue weighted by Crippen LogP contribution is 2.28. The van der Waals surface area contributed by atoms with Crippen molar-refractivity contribution in [3.63, 3.8) is 0 Å². The standard InChI is InChI=1S/C18H23N7O2/c1-18(2,3)13-10-14(22-21-13)19-15-11-6-5-9-25(11)23-17(20-15)24-8-4-7-12(24)16(26)27/h5-6,9-10,12H,4,7-8H2,1-3H3,(H,26,27)(H2,19,20,21,22,23). The SMILES string of the molecule is CC(C)(C)c1cc(Nc2nc(N3CCCC3C(=O)O)nn3cccc23)n[nH]1. The van der Waals surface area contributed by atoms with Crippen LogP contribution in [0.25, 0.3) is 5.52 Å². The van der Waals surface area contributed by atoms with Gasteiger partial charge in [-0.25, -0.2) is 9.31 Å². The van der Waals surface area contributed by atoms with Crippen molar-refractivity contribution < 1.29 is 9.90 Å². The lowest BCUT2D eigenvalue weighted by Gasteiger charge is -2.22. The van der Waals surface area contributed by atoms with Gasteiger partial charge in [-0.15, -0.1) is 5.10 Å². The summed E-state index contributed by atoms with van der Waals surface area (Å²) in [5, 5.41) is 24.6. The number of hydrogen-bond donors (Lipinski definition) is 3. The molecule has 27 heavy (non-hydrogen) atoms. The zero-order valence-corrected chi connectivity index (χ0v) is 15.6. The minimum Gasteiger partial charge on any atom is -0.480 e. The number of rotatable bonds is 4. The lowest BCUT2D eigenvalue weighted by Crippen LogP contribution is -2.37. The summed E-state index contributed by atoms with van der Waals surface area (Å²) in [5.41, 5.74) is 1.76. The van der Waals surface area contributed by atoms with Gasteiger partial charge in [0.2, 0.25) is 5.95 Å². The Kier molecular flexibility index (Phi) is 4.01. The van der Waals surface area contributed by atoms with Crippen molar-refractivity contribution >= 4 is 29.1 Å². The number of fused-ring (bicyclic) bond motifs is 1. The zero-order chi connectivity index (χ0) is 19.2. The van der Waals surface area contributed by atoms with Gasteiger partial charge in [0, 0.05) is 29.9 Å². The number of H-pyrrole nitrogens is 1. The molecule has 1 aliphatic rings. The second kappa shape index (κ2) is 6.26. The van der Waals surface area contributed by atoms with Crippen molar-refractivity contribution in [1.82, 2.24) is 24.8 Å². The van der Waals surface area contributed by atoms with E-state index in [1.54, 1.807) is 9.42 Å². The van der Waals surface area contributed by atoms with Gasteiger partial charge in [0.1, 0.15) is 11.6 Å². The van der Waals surface area contributed by atoms with Crippen molar-refractivity contribution in [3.05, 3.63) is 30.1 Å². The van der Waals surface area contributed by atoms with Crippen LogP contribution in [0, 0.1) is 0 Å². The van der Waals surface area contributed by atoms with Gasteiger partial charge in [-0.1, -0.05) is 20.8 Å². The molecule has 1 fully saturated rings. The van der Waals surface area contributed by atoms with Crippen LogP contribution in [-0.4, -0.2) is 48.5 Å². The van der Waals surface area contributed by atoms with Crippen LogP contribution < -0.4 is 10.2 Å². The molecule has 3 N–H and O–H groups in total. The molecule has 4 rings (SSSR count). The number of carbonyl (C=O) groups is 1. The van der Waals surface area contributed by atoms with Crippen molar-refractivity contribution in [2.24, 2.45) is 0 Å². The number of aliphatic carboxylic acids is 1. The quantitative estimate of drug-likeness (QED) is 0.648. The molecule has 1 atom stereocenters. The van der Waals surface area contributed by atoms with Crippen molar-refractivity contribution in [2.75, 3.05) is 16.8 Å². The summed E-state index contributed by atoms with van der Waals surface area (Å²) >= 11 is 0. The molecule has 0 bridgehead atoms. The lowest BCUT2D eigenvalue weighted by atomic mass is 9.92.